The zero-order valence-electron chi connectivity index (χ0n) is 14.4. The number of carbonyl (C=O) groups excluding carboxylic acids is 4. The minimum Gasteiger partial charge on any atom is -0.469 e. The zero-order chi connectivity index (χ0) is 18.4. The molecule has 1 aliphatic rings. The second-order valence-electron chi connectivity index (χ2n) is 5.86. The molecule has 25 heavy (non-hydrogen) atoms. The van der Waals surface area contributed by atoms with Gasteiger partial charge in [0.15, 0.2) is 0 Å². The number of methoxy groups -OCH3 is 1. The minimum absolute atomic E-state index is 0.122. The van der Waals surface area contributed by atoms with E-state index >= 15 is 0 Å². The van der Waals surface area contributed by atoms with E-state index in [0.717, 1.165) is 0 Å². The summed E-state index contributed by atoms with van der Waals surface area (Å²) >= 11 is 0. The highest BCUT2D eigenvalue weighted by Gasteiger charge is 2.34. The normalized spacial score (nSPS) is 14.2. The van der Waals surface area contributed by atoms with Gasteiger partial charge in [-0.25, -0.2) is 0 Å². The first-order valence-electron chi connectivity index (χ1n) is 8.29. The first-order chi connectivity index (χ1) is 12.0. The fraction of sp³-hybridized carbons (Fsp3) is 0.444. The summed E-state index contributed by atoms with van der Waals surface area (Å²) in [6.45, 7) is 2.06. The van der Waals surface area contributed by atoms with Crippen LogP contribution in [0.1, 0.15) is 53.3 Å². The van der Waals surface area contributed by atoms with Crippen LogP contribution in [0.3, 0.4) is 0 Å². The highest BCUT2D eigenvalue weighted by Crippen LogP contribution is 2.22. The lowest BCUT2D eigenvalue weighted by molar-refractivity contribution is -0.141. The van der Waals surface area contributed by atoms with Crippen molar-refractivity contribution in [2.75, 3.05) is 13.7 Å². The Morgan fingerprint density at radius 1 is 1.16 bits per heavy atom. The van der Waals surface area contributed by atoms with Crippen LogP contribution in [-0.2, 0) is 14.3 Å². The Morgan fingerprint density at radius 3 is 2.28 bits per heavy atom. The summed E-state index contributed by atoms with van der Waals surface area (Å²) in [6.07, 6.45) is 1.27. The Bertz CT molecular complexity index is 651. The molecule has 0 aliphatic carbocycles. The number of hydrogen-bond donors (Lipinski definition) is 1. The van der Waals surface area contributed by atoms with Crippen molar-refractivity contribution < 1.29 is 23.9 Å². The summed E-state index contributed by atoms with van der Waals surface area (Å²) in [5, 5.41) is 2.77. The number of imide groups is 1. The van der Waals surface area contributed by atoms with Crippen LogP contribution in [0.25, 0.3) is 0 Å². The van der Waals surface area contributed by atoms with Gasteiger partial charge in [0.25, 0.3) is 11.8 Å². The summed E-state index contributed by atoms with van der Waals surface area (Å²) in [4.78, 5) is 48.9. The van der Waals surface area contributed by atoms with Gasteiger partial charge < -0.3 is 10.1 Å². The molecule has 7 heteroatoms. The highest BCUT2D eigenvalue weighted by atomic mass is 16.5. The lowest BCUT2D eigenvalue weighted by Gasteiger charge is -2.17. The second-order valence-corrected chi connectivity index (χ2v) is 5.86. The molecule has 2 rings (SSSR count). The molecular formula is C18H22N2O5. The van der Waals surface area contributed by atoms with Gasteiger partial charge in [-0.3, -0.25) is 24.1 Å². The molecule has 0 fully saturated rings. The molecule has 0 saturated carbocycles. The Morgan fingerprint density at radius 2 is 1.76 bits per heavy atom. The van der Waals surface area contributed by atoms with Gasteiger partial charge in [0.05, 0.1) is 24.7 Å². The van der Waals surface area contributed by atoms with Crippen molar-refractivity contribution in [3.05, 3.63) is 35.4 Å². The van der Waals surface area contributed by atoms with E-state index in [4.69, 9.17) is 0 Å². The van der Waals surface area contributed by atoms with Gasteiger partial charge in [-0.2, -0.15) is 0 Å². The molecule has 0 aromatic heterocycles. The van der Waals surface area contributed by atoms with E-state index in [1.54, 1.807) is 24.3 Å². The lowest BCUT2D eigenvalue weighted by atomic mass is 10.1. The molecule has 7 nitrogen and oxygen atoms in total. The topological polar surface area (TPSA) is 92.8 Å². The van der Waals surface area contributed by atoms with E-state index in [9.17, 15) is 19.2 Å². The van der Waals surface area contributed by atoms with Crippen molar-refractivity contribution in [2.45, 2.75) is 38.6 Å². The number of fused-ring (bicyclic) bond motifs is 1. The van der Waals surface area contributed by atoms with E-state index in [1.165, 1.54) is 12.0 Å². The molecule has 1 aromatic rings. The van der Waals surface area contributed by atoms with E-state index in [0.29, 0.717) is 24.0 Å². The number of nitrogens with zero attached hydrogens (tertiary/aromatic N) is 1. The summed E-state index contributed by atoms with van der Waals surface area (Å²) in [7, 11) is 1.30. The monoisotopic (exact) mass is 346 g/mol. The van der Waals surface area contributed by atoms with Crippen molar-refractivity contribution in [3.63, 3.8) is 0 Å². The molecule has 1 heterocycles. The van der Waals surface area contributed by atoms with Gasteiger partial charge in [-0.05, 0) is 25.0 Å². The quantitative estimate of drug-likeness (QED) is 0.569. The van der Waals surface area contributed by atoms with Crippen LogP contribution in [0.2, 0.25) is 0 Å². The average Bonchev–Trinajstić information content (AvgIpc) is 2.86. The Balaban J connectivity index is 1.81. The van der Waals surface area contributed by atoms with Crippen molar-refractivity contribution in [3.8, 4) is 0 Å². The molecule has 0 spiro atoms. The van der Waals surface area contributed by atoms with Crippen LogP contribution in [-0.4, -0.2) is 48.3 Å². The van der Waals surface area contributed by atoms with Crippen molar-refractivity contribution in [1.82, 2.24) is 10.2 Å². The number of carbonyl (C=O) groups is 4. The molecule has 0 bridgehead atoms. The van der Waals surface area contributed by atoms with Crippen molar-refractivity contribution in [1.29, 1.82) is 0 Å². The maximum absolute atomic E-state index is 12.2. The molecule has 134 valence electrons. The van der Waals surface area contributed by atoms with Crippen LogP contribution in [0.4, 0.5) is 0 Å². The SMILES string of the molecule is CCC(CC(=O)OC)NC(=O)CCCN1C(=O)c2ccccc2C1=O. The van der Waals surface area contributed by atoms with E-state index in [1.807, 2.05) is 6.92 Å². The summed E-state index contributed by atoms with van der Waals surface area (Å²) in [5.41, 5.74) is 0.808. The molecule has 1 atom stereocenters. The number of benzene rings is 1. The summed E-state index contributed by atoms with van der Waals surface area (Å²) in [6, 6.07) is 6.40. The molecule has 1 aromatic carbocycles. The standard InChI is InChI=1S/C18H22N2O5/c1-3-12(11-16(22)25-2)19-15(21)9-6-10-20-17(23)13-7-4-5-8-14(13)18(20)24/h4-5,7-8,12H,3,6,9-11H2,1-2H3,(H,19,21). The Hall–Kier alpha value is -2.70. The number of amides is 3. The van der Waals surface area contributed by atoms with Crippen LogP contribution < -0.4 is 5.32 Å². The van der Waals surface area contributed by atoms with E-state index in [-0.39, 0.29) is 49.1 Å². The highest BCUT2D eigenvalue weighted by molar-refractivity contribution is 6.21. The molecule has 1 aliphatic heterocycles. The third kappa shape index (κ3) is 4.43. The predicted molar refractivity (Wildman–Crippen MR) is 89.9 cm³/mol. The van der Waals surface area contributed by atoms with Crippen LogP contribution >= 0.6 is 0 Å². The number of ether oxygens (including phenoxy) is 1. The van der Waals surface area contributed by atoms with Gasteiger partial charge in [0.1, 0.15) is 0 Å². The van der Waals surface area contributed by atoms with Gasteiger partial charge in [0, 0.05) is 19.0 Å². The Labute approximate surface area is 146 Å². The largest absolute Gasteiger partial charge is 0.469 e. The third-order valence-corrected chi connectivity index (χ3v) is 4.16. The number of rotatable bonds is 8. The van der Waals surface area contributed by atoms with Gasteiger partial charge >= 0.3 is 5.97 Å². The average molecular weight is 346 g/mol. The van der Waals surface area contributed by atoms with Crippen LogP contribution in [0, 0.1) is 0 Å². The van der Waals surface area contributed by atoms with Crippen LogP contribution in [0.5, 0.6) is 0 Å². The maximum Gasteiger partial charge on any atom is 0.307 e. The first-order valence-corrected chi connectivity index (χ1v) is 8.29. The lowest BCUT2D eigenvalue weighted by Crippen LogP contribution is -2.37. The van der Waals surface area contributed by atoms with Gasteiger partial charge in [0.2, 0.25) is 5.91 Å². The molecule has 0 saturated heterocycles. The molecule has 1 N–H and O–H groups in total. The van der Waals surface area contributed by atoms with Crippen molar-refractivity contribution in [2.24, 2.45) is 0 Å². The minimum atomic E-state index is -0.377. The fourth-order valence-electron chi connectivity index (χ4n) is 2.72. The summed E-state index contributed by atoms with van der Waals surface area (Å²) in [5.74, 6) is -1.23. The van der Waals surface area contributed by atoms with Gasteiger partial charge in [-0.15, -0.1) is 0 Å². The van der Waals surface area contributed by atoms with Crippen molar-refractivity contribution >= 4 is 23.7 Å². The molecular weight excluding hydrogens is 324 g/mol. The second kappa shape index (κ2) is 8.41. The fourth-order valence-corrected chi connectivity index (χ4v) is 2.72. The molecule has 1 unspecified atom stereocenters. The van der Waals surface area contributed by atoms with E-state index < -0.39 is 0 Å². The number of esters is 1. The maximum atomic E-state index is 12.2. The molecule has 3 amide bonds. The summed E-state index contributed by atoms with van der Waals surface area (Å²) < 4.78 is 4.60. The first kappa shape index (κ1) is 18.6. The third-order valence-electron chi connectivity index (χ3n) is 4.16. The predicted octanol–water partition coefficient (Wildman–Crippen LogP) is 1.52. The number of hydrogen-bond acceptors (Lipinski definition) is 5. The van der Waals surface area contributed by atoms with Gasteiger partial charge in [-0.1, -0.05) is 19.1 Å². The van der Waals surface area contributed by atoms with E-state index in [2.05, 4.69) is 10.1 Å². The molecule has 0 radical (unpaired) electrons. The Kier molecular flexibility index (Phi) is 6.27. The number of nitrogens with one attached hydrogen (secondary N) is 1. The zero-order valence-corrected chi connectivity index (χ0v) is 14.4. The van der Waals surface area contributed by atoms with Crippen LogP contribution in [0.15, 0.2) is 24.3 Å². The smallest absolute Gasteiger partial charge is 0.307 e.